The molecule has 0 saturated carbocycles. The Labute approximate surface area is 141 Å². The van der Waals surface area contributed by atoms with Crippen LogP contribution < -0.4 is 9.47 Å². The summed E-state index contributed by atoms with van der Waals surface area (Å²) in [6, 6.07) is 13.0. The van der Waals surface area contributed by atoms with E-state index in [9.17, 15) is 4.79 Å². The number of rotatable bonds is 5. The third-order valence-corrected chi connectivity index (χ3v) is 3.99. The highest BCUT2D eigenvalue weighted by molar-refractivity contribution is 5.81. The molecule has 0 bridgehead atoms. The summed E-state index contributed by atoms with van der Waals surface area (Å²) < 4.78 is 11.5. The van der Waals surface area contributed by atoms with E-state index < -0.39 is 6.10 Å². The first kappa shape index (κ1) is 16.2. The molecule has 2 aromatic rings. The van der Waals surface area contributed by atoms with E-state index in [-0.39, 0.29) is 12.0 Å². The van der Waals surface area contributed by atoms with Gasteiger partial charge in [-0.15, -0.1) is 5.10 Å². The Hall–Kier alpha value is -2.63. The minimum absolute atomic E-state index is 0.0109. The van der Waals surface area contributed by atoms with Gasteiger partial charge in [-0.1, -0.05) is 18.2 Å². The van der Waals surface area contributed by atoms with Gasteiger partial charge in [-0.2, -0.15) is 5.10 Å². The molecule has 6 heteroatoms. The normalized spacial score (nSPS) is 16.5. The molecule has 1 aliphatic rings. The molecule has 1 saturated heterocycles. The molecular weight excluding hydrogens is 306 g/mol. The lowest BCUT2D eigenvalue weighted by atomic mass is 10.1. The molecular formula is C18H21N3O3. The molecule has 0 aliphatic carbocycles. The topological polar surface area (TPSA) is 64.5 Å². The van der Waals surface area contributed by atoms with Crippen LogP contribution in [0.4, 0.5) is 0 Å². The van der Waals surface area contributed by atoms with Crippen molar-refractivity contribution in [3.63, 3.8) is 0 Å². The van der Waals surface area contributed by atoms with Crippen molar-refractivity contribution in [3.05, 3.63) is 48.7 Å². The first-order valence-electron chi connectivity index (χ1n) is 8.17. The van der Waals surface area contributed by atoms with Crippen molar-refractivity contribution < 1.29 is 14.3 Å². The summed E-state index contributed by atoms with van der Waals surface area (Å²) in [5.74, 6) is 1.25. The molecule has 0 N–H and O–H groups in total. The second-order valence-electron chi connectivity index (χ2n) is 5.78. The Morgan fingerprint density at radius 3 is 2.58 bits per heavy atom. The number of aromatic nitrogens is 2. The van der Waals surface area contributed by atoms with Crippen LogP contribution in [0.3, 0.4) is 0 Å². The molecule has 1 aromatic carbocycles. The third kappa shape index (κ3) is 4.22. The average Bonchev–Trinajstić information content (AvgIpc) is 2.63. The molecule has 126 valence electrons. The van der Waals surface area contributed by atoms with Crippen LogP contribution in [-0.2, 0) is 4.79 Å². The maximum Gasteiger partial charge on any atom is 0.263 e. The highest BCUT2D eigenvalue weighted by Gasteiger charge is 2.28. The summed E-state index contributed by atoms with van der Waals surface area (Å²) >= 11 is 0. The van der Waals surface area contributed by atoms with Crippen LogP contribution >= 0.6 is 0 Å². The van der Waals surface area contributed by atoms with Gasteiger partial charge in [-0.25, -0.2) is 0 Å². The fourth-order valence-electron chi connectivity index (χ4n) is 2.73. The van der Waals surface area contributed by atoms with Gasteiger partial charge in [0.1, 0.15) is 11.9 Å². The predicted octanol–water partition coefficient (Wildman–Crippen LogP) is 2.31. The second kappa shape index (κ2) is 7.77. The number of ether oxygens (including phenoxy) is 2. The number of benzene rings is 1. The van der Waals surface area contributed by atoms with Crippen molar-refractivity contribution in [2.45, 2.75) is 32.0 Å². The van der Waals surface area contributed by atoms with Gasteiger partial charge in [0.25, 0.3) is 5.91 Å². The molecule has 1 atom stereocenters. The Morgan fingerprint density at radius 1 is 1.17 bits per heavy atom. The fourth-order valence-corrected chi connectivity index (χ4v) is 2.73. The molecule has 0 spiro atoms. The van der Waals surface area contributed by atoms with Gasteiger partial charge >= 0.3 is 0 Å². The summed E-state index contributed by atoms with van der Waals surface area (Å²) in [4.78, 5) is 14.3. The highest BCUT2D eigenvalue weighted by Crippen LogP contribution is 2.18. The number of carbonyl (C=O) groups excluding carboxylic acids is 1. The lowest BCUT2D eigenvalue weighted by Gasteiger charge is -2.33. The highest BCUT2D eigenvalue weighted by atomic mass is 16.5. The Kier molecular flexibility index (Phi) is 5.25. The fraction of sp³-hybridized carbons (Fsp3) is 0.389. The van der Waals surface area contributed by atoms with Crippen molar-refractivity contribution in [1.29, 1.82) is 0 Å². The number of hydrogen-bond donors (Lipinski definition) is 0. The smallest absolute Gasteiger partial charge is 0.263 e. The number of carbonyl (C=O) groups is 1. The number of amides is 1. The van der Waals surface area contributed by atoms with E-state index >= 15 is 0 Å². The number of para-hydroxylation sites is 1. The first-order chi connectivity index (χ1) is 11.7. The third-order valence-electron chi connectivity index (χ3n) is 3.99. The van der Waals surface area contributed by atoms with E-state index in [4.69, 9.17) is 9.47 Å². The Balaban J connectivity index is 1.48. The van der Waals surface area contributed by atoms with Gasteiger partial charge in [0.2, 0.25) is 5.88 Å². The van der Waals surface area contributed by atoms with Crippen molar-refractivity contribution in [1.82, 2.24) is 15.1 Å². The maximum atomic E-state index is 12.5. The molecule has 6 nitrogen and oxygen atoms in total. The molecule has 24 heavy (non-hydrogen) atoms. The molecule has 0 radical (unpaired) electrons. The van der Waals surface area contributed by atoms with Gasteiger partial charge in [0.05, 0.1) is 0 Å². The van der Waals surface area contributed by atoms with E-state index in [0.29, 0.717) is 24.7 Å². The standard InChI is InChI=1S/C18H21N3O3/c1-14(23-15-6-3-2-4-7-15)18(22)21-12-9-16(10-13-21)24-17-8-5-11-19-20-17/h2-8,11,14,16H,9-10,12-13H2,1H3. The van der Waals surface area contributed by atoms with Crippen LogP contribution in [0, 0.1) is 0 Å². The molecule has 1 amide bonds. The molecule has 2 heterocycles. The number of likely N-dealkylation sites (tertiary alicyclic amines) is 1. The van der Waals surface area contributed by atoms with Gasteiger partial charge < -0.3 is 14.4 Å². The summed E-state index contributed by atoms with van der Waals surface area (Å²) in [7, 11) is 0. The molecule has 1 fully saturated rings. The van der Waals surface area contributed by atoms with Crippen LogP contribution in [0.15, 0.2) is 48.7 Å². The molecule has 1 aliphatic heterocycles. The zero-order valence-electron chi connectivity index (χ0n) is 13.7. The molecule has 1 unspecified atom stereocenters. The second-order valence-corrected chi connectivity index (χ2v) is 5.78. The Morgan fingerprint density at radius 2 is 1.92 bits per heavy atom. The molecule has 1 aromatic heterocycles. The van der Waals surface area contributed by atoms with Crippen molar-refractivity contribution in [2.75, 3.05) is 13.1 Å². The number of piperidine rings is 1. The lowest BCUT2D eigenvalue weighted by molar-refractivity contribution is -0.139. The van der Waals surface area contributed by atoms with Crippen LogP contribution in [0.2, 0.25) is 0 Å². The summed E-state index contributed by atoms with van der Waals surface area (Å²) in [6.07, 6.45) is 2.74. The average molecular weight is 327 g/mol. The van der Waals surface area contributed by atoms with E-state index in [1.807, 2.05) is 35.2 Å². The largest absolute Gasteiger partial charge is 0.481 e. The quantitative estimate of drug-likeness (QED) is 0.843. The van der Waals surface area contributed by atoms with Crippen molar-refractivity contribution in [2.24, 2.45) is 0 Å². The summed E-state index contributed by atoms with van der Waals surface area (Å²) in [5, 5.41) is 7.73. The van der Waals surface area contributed by atoms with Gasteiger partial charge in [0, 0.05) is 38.2 Å². The SMILES string of the molecule is CC(Oc1ccccc1)C(=O)N1CCC(Oc2cccnn2)CC1. The van der Waals surface area contributed by atoms with E-state index in [2.05, 4.69) is 10.2 Å². The van der Waals surface area contributed by atoms with Crippen LogP contribution in [0.1, 0.15) is 19.8 Å². The van der Waals surface area contributed by atoms with Crippen molar-refractivity contribution in [3.8, 4) is 11.6 Å². The van der Waals surface area contributed by atoms with Crippen LogP contribution in [-0.4, -0.2) is 46.3 Å². The minimum Gasteiger partial charge on any atom is -0.481 e. The zero-order valence-corrected chi connectivity index (χ0v) is 13.7. The van der Waals surface area contributed by atoms with Gasteiger partial charge in [-0.05, 0) is 25.1 Å². The van der Waals surface area contributed by atoms with E-state index in [0.717, 1.165) is 12.8 Å². The van der Waals surface area contributed by atoms with Gasteiger partial charge in [0.15, 0.2) is 6.10 Å². The minimum atomic E-state index is -0.496. The Bertz CT molecular complexity index is 643. The predicted molar refractivity (Wildman–Crippen MR) is 88.8 cm³/mol. The zero-order chi connectivity index (χ0) is 16.8. The van der Waals surface area contributed by atoms with Crippen molar-refractivity contribution >= 4 is 5.91 Å². The summed E-state index contributed by atoms with van der Waals surface area (Å²) in [5.41, 5.74) is 0. The molecule has 3 rings (SSSR count). The lowest BCUT2D eigenvalue weighted by Crippen LogP contribution is -2.46. The van der Waals surface area contributed by atoms with E-state index in [1.54, 1.807) is 25.3 Å². The first-order valence-corrected chi connectivity index (χ1v) is 8.17. The number of hydrogen-bond acceptors (Lipinski definition) is 5. The van der Waals surface area contributed by atoms with E-state index in [1.165, 1.54) is 0 Å². The maximum absolute atomic E-state index is 12.5. The number of nitrogens with zero attached hydrogens (tertiary/aromatic N) is 3. The van der Waals surface area contributed by atoms with Gasteiger partial charge in [-0.3, -0.25) is 4.79 Å². The summed E-state index contributed by atoms with van der Waals surface area (Å²) in [6.45, 7) is 3.11. The monoisotopic (exact) mass is 327 g/mol. The van der Waals surface area contributed by atoms with Crippen LogP contribution in [0.5, 0.6) is 11.6 Å². The van der Waals surface area contributed by atoms with Crippen LogP contribution in [0.25, 0.3) is 0 Å².